The standard InChI is InChI=1S/C7H9F3O4S/c1-5-4-6(2-3-13-5)14-15(11,12)7(8,9)10/h2,5H,3-4H2,1H3/t5-/m0/s1. The SMILES string of the molecule is C[C@H]1CC(OS(=O)(=O)C(F)(F)F)=CCO1. The smallest absolute Gasteiger partial charge is 0.381 e. The molecule has 0 amide bonds. The summed E-state index contributed by atoms with van der Waals surface area (Å²) in [6.45, 7) is 1.65. The van der Waals surface area contributed by atoms with Crippen LogP contribution in [0.3, 0.4) is 0 Å². The molecule has 1 aliphatic heterocycles. The Labute approximate surface area is 84.8 Å². The number of ether oxygens (including phenoxy) is 1. The first kappa shape index (κ1) is 12.3. The highest BCUT2D eigenvalue weighted by molar-refractivity contribution is 7.87. The van der Waals surface area contributed by atoms with Crippen LogP contribution in [0.1, 0.15) is 13.3 Å². The van der Waals surface area contributed by atoms with Crippen LogP contribution in [0.25, 0.3) is 0 Å². The monoisotopic (exact) mass is 246 g/mol. The van der Waals surface area contributed by atoms with Crippen LogP contribution < -0.4 is 0 Å². The summed E-state index contributed by atoms with van der Waals surface area (Å²) in [4.78, 5) is 0. The van der Waals surface area contributed by atoms with Gasteiger partial charge in [-0.15, -0.1) is 0 Å². The molecule has 8 heteroatoms. The Kier molecular flexibility index (Phi) is 3.29. The van der Waals surface area contributed by atoms with Gasteiger partial charge in [-0.2, -0.15) is 21.6 Å². The van der Waals surface area contributed by atoms with Crippen molar-refractivity contribution in [1.29, 1.82) is 0 Å². The first-order valence-electron chi connectivity index (χ1n) is 4.04. The third kappa shape index (κ3) is 3.10. The third-order valence-corrected chi connectivity index (χ3v) is 2.68. The number of alkyl halides is 3. The summed E-state index contributed by atoms with van der Waals surface area (Å²) in [5.41, 5.74) is -5.39. The van der Waals surface area contributed by atoms with Crippen molar-refractivity contribution in [3.8, 4) is 0 Å². The van der Waals surface area contributed by atoms with Gasteiger partial charge in [0.2, 0.25) is 0 Å². The van der Waals surface area contributed by atoms with Gasteiger partial charge in [-0.1, -0.05) is 0 Å². The van der Waals surface area contributed by atoms with Crippen molar-refractivity contribution in [1.82, 2.24) is 0 Å². The fourth-order valence-electron chi connectivity index (χ4n) is 0.987. The normalized spacial score (nSPS) is 23.5. The number of hydrogen-bond acceptors (Lipinski definition) is 4. The van der Waals surface area contributed by atoms with Crippen molar-refractivity contribution in [2.45, 2.75) is 25.0 Å². The van der Waals surface area contributed by atoms with Crippen LogP contribution in [-0.2, 0) is 19.0 Å². The molecule has 0 unspecified atom stereocenters. The maximum Gasteiger partial charge on any atom is 0.534 e. The Morgan fingerprint density at radius 2 is 2.13 bits per heavy atom. The summed E-state index contributed by atoms with van der Waals surface area (Å²) in [6.07, 6.45) is 0.826. The summed E-state index contributed by atoms with van der Waals surface area (Å²) in [6, 6.07) is 0. The van der Waals surface area contributed by atoms with E-state index in [2.05, 4.69) is 4.18 Å². The molecule has 0 saturated heterocycles. The molecule has 0 spiro atoms. The predicted molar refractivity (Wildman–Crippen MR) is 44.2 cm³/mol. The lowest BCUT2D eigenvalue weighted by molar-refractivity contribution is -0.0531. The van der Waals surface area contributed by atoms with Gasteiger partial charge in [-0.25, -0.2) is 0 Å². The van der Waals surface area contributed by atoms with Crippen LogP contribution >= 0.6 is 0 Å². The lowest BCUT2D eigenvalue weighted by Gasteiger charge is -2.20. The molecule has 0 saturated carbocycles. The Morgan fingerprint density at radius 3 is 2.60 bits per heavy atom. The quantitative estimate of drug-likeness (QED) is 0.548. The fourth-order valence-corrected chi connectivity index (χ4v) is 1.50. The maximum atomic E-state index is 11.9. The number of rotatable bonds is 2. The average molecular weight is 246 g/mol. The van der Waals surface area contributed by atoms with Crippen LogP contribution in [0.15, 0.2) is 11.8 Å². The van der Waals surface area contributed by atoms with E-state index in [1.54, 1.807) is 6.92 Å². The zero-order valence-corrected chi connectivity index (χ0v) is 8.56. The van der Waals surface area contributed by atoms with Gasteiger partial charge < -0.3 is 8.92 Å². The second-order valence-electron chi connectivity index (χ2n) is 3.00. The Hall–Kier alpha value is -0.760. The second-order valence-corrected chi connectivity index (χ2v) is 4.54. The molecule has 88 valence electrons. The van der Waals surface area contributed by atoms with Crippen LogP contribution in [-0.4, -0.2) is 26.6 Å². The van der Waals surface area contributed by atoms with Gasteiger partial charge in [-0.3, -0.25) is 0 Å². The lowest BCUT2D eigenvalue weighted by atomic mass is 10.2. The molecule has 0 aromatic heterocycles. The van der Waals surface area contributed by atoms with E-state index in [-0.39, 0.29) is 24.9 Å². The van der Waals surface area contributed by atoms with Crippen molar-refractivity contribution in [3.63, 3.8) is 0 Å². The first-order chi connectivity index (χ1) is 6.72. The molecule has 0 aliphatic carbocycles. The molecule has 0 bridgehead atoms. The zero-order chi connectivity index (χ0) is 11.7. The van der Waals surface area contributed by atoms with Crippen molar-refractivity contribution in [2.75, 3.05) is 6.61 Å². The molecular weight excluding hydrogens is 237 g/mol. The van der Waals surface area contributed by atoms with E-state index < -0.39 is 15.6 Å². The Bertz CT molecular complexity index is 357. The molecule has 0 fully saturated rings. The summed E-state index contributed by atoms with van der Waals surface area (Å²) in [5, 5.41) is 0. The van der Waals surface area contributed by atoms with Gasteiger partial charge in [0.1, 0.15) is 5.76 Å². The first-order valence-corrected chi connectivity index (χ1v) is 5.44. The van der Waals surface area contributed by atoms with Gasteiger partial charge in [0, 0.05) is 6.42 Å². The van der Waals surface area contributed by atoms with E-state index >= 15 is 0 Å². The molecule has 0 aromatic carbocycles. The summed E-state index contributed by atoms with van der Waals surface area (Å²) in [7, 11) is -5.54. The van der Waals surface area contributed by atoms with Crippen molar-refractivity contribution >= 4 is 10.1 Å². The Balaban J connectivity index is 2.75. The zero-order valence-electron chi connectivity index (χ0n) is 7.74. The second kappa shape index (κ2) is 4.01. The minimum atomic E-state index is -5.54. The largest absolute Gasteiger partial charge is 0.534 e. The highest BCUT2D eigenvalue weighted by Crippen LogP contribution is 2.28. The minimum Gasteiger partial charge on any atom is -0.381 e. The molecule has 0 N–H and O–H groups in total. The van der Waals surface area contributed by atoms with Crippen LogP contribution in [0.5, 0.6) is 0 Å². The van der Waals surface area contributed by atoms with Gasteiger partial charge >= 0.3 is 15.6 Å². The van der Waals surface area contributed by atoms with Gasteiger partial charge in [0.05, 0.1) is 12.7 Å². The molecule has 0 radical (unpaired) electrons. The van der Waals surface area contributed by atoms with E-state index in [0.29, 0.717) is 0 Å². The van der Waals surface area contributed by atoms with Crippen molar-refractivity contribution in [3.05, 3.63) is 11.8 Å². The molecule has 1 heterocycles. The van der Waals surface area contributed by atoms with E-state index in [1.807, 2.05) is 0 Å². The van der Waals surface area contributed by atoms with Gasteiger partial charge in [0.25, 0.3) is 0 Å². The van der Waals surface area contributed by atoms with Crippen LogP contribution in [0, 0.1) is 0 Å². The number of hydrogen-bond donors (Lipinski definition) is 0. The van der Waals surface area contributed by atoms with Crippen molar-refractivity contribution in [2.24, 2.45) is 0 Å². The number of halogens is 3. The molecular formula is C7H9F3O4S. The third-order valence-electron chi connectivity index (χ3n) is 1.68. The predicted octanol–water partition coefficient (Wildman–Crippen LogP) is 1.55. The molecule has 1 rings (SSSR count). The summed E-state index contributed by atoms with van der Waals surface area (Å²) >= 11 is 0. The van der Waals surface area contributed by atoms with Crippen LogP contribution in [0.2, 0.25) is 0 Å². The Morgan fingerprint density at radius 1 is 1.53 bits per heavy atom. The van der Waals surface area contributed by atoms with E-state index in [0.717, 1.165) is 0 Å². The van der Waals surface area contributed by atoms with Crippen LogP contribution in [0.4, 0.5) is 13.2 Å². The molecule has 15 heavy (non-hydrogen) atoms. The van der Waals surface area contributed by atoms with E-state index in [4.69, 9.17) is 4.74 Å². The highest BCUT2D eigenvalue weighted by Gasteiger charge is 2.48. The van der Waals surface area contributed by atoms with Crippen molar-refractivity contribution < 1.29 is 30.5 Å². The summed E-state index contributed by atoms with van der Waals surface area (Å²) in [5.74, 6) is -0.230. The van der Waals surface area contributed by atoms with E-state index in [1.165, 1.54) is 6.08 Å². The van der Waals surface area contributed by atoms with Gasteiger partial charge in [-0.05, 0) is 13.0 Å². The lowest BCUT2D eigenvalue weighted by Crippen LogP contribution is -2.27. The topological polar surface area (TPSA) is 52.6 Å². The maximum absolute atomic E-state index is 11.9. The van der Waals surface area contributed by atoms with Gasteiger partial charge in [0.15, 0.2) is 0 Å². The molecule has 1 atom stereocenters. The summed E-state index contributed by atoms with van der Waals surface area (Å²) < 4.78 is 65.9. The molecule has 0 aromatic rings. The highest BCUT2D eigenvalue weighted by atomic mass is 32.2. The molecule has 4 nitrogen and oxygen atoms in total. The average Bonchev–Trinajstić information content (AvgIpc) is 2.00. The van der Waals surface area contributed by atoms with E-state index in [9.17, 15) is 21.6 Å². The minimum absolute atomic E-state index is 0.00924. The molecule has 1 aliphatic rings. The fraction of sp³-hybridized carbons (Fsp3) is 0.714.